The molecule has 2 aliphatic heterocycles. The predicted molar refractivity (Wildman–Crippen MR) is 86.9 cm³/mol. The van der Waals surface area contributed by atoms with Gasteiger partial charge in [0.25, 0.3) is 0 Å². The molecule has 0 unspecified atom stereocenters. The van der Waals surface area contributed by atoms with Crippen molar-refractivity contribution in [2.45, 2.75) is 32.4 Å². The van der Waals surface area contributed by atoms with Crippen LogP contribution in [0.2, 0.25) is 0 Å². The summed E-state index contributed by atoms with van der Waals surface area (Å²) in [6.07, 6.45) is 5.66. The Morgan fingerprint density at radius 1 is 1.33 bits per heavy atom. The third-order valence-corrected chi connectivity index (χ3v) is 4.83. The van der Waals surface area contributed by atoms with E-state index in [1.165, 1.54) is 12.8 Å². The van der Waals surface area contributed by atoms with Crippen LogP contribution < -0.4 is 9.47 Å². The van der Waals surface area contributed by atoms with Gasteiger partial charge < -0.3 is 13.9 Å². The first-order valence-electron chi connectivity index (χ1n) is 8.22. The van der Waals surface area contributed by atoms with Crippen molar-refractivity contribution in [3.8, 4) is 11.5 Å². The highest BCUT2D eigenvalue weighted by Gasteiger charge is 2.38. The minimum absolute atomic E-state index is 0.0924. The van der Waals surface area contributed by atoms with Crippen molar-refractivity contribution in [1.82, 2.24) is 4.90 Å². The zero-order chi connectivity index (χ0) is 16.3. The largest absolute Gasteiger partial charge is 0.478 e. The number of carbonyl (C=O) groups is 1. The molecule has 3 heterocycles. The molecule has 3 aliphatic rings. The van der Waals surface area contributed by atoms with Gasteiger partial charge in [-0.1, -0.05) is 0 Å². The summed E-state index contributed by atoms with van der Waals surface area (Å²) in [5.74, 6) is 2.30. The predicted octanol–water partition coefficient (Wildman–Crippen LogP) is 3.52. The summed E-state index contributed by atoms with van der Waals surface area (Å²) in [4.78, 5) is 15.1. The van der Waals surface area contributed by atoms with Crippen molar-refractivity contribution in [1.29, 1.82) is 0 Å². The number of fused-ring (bicyclic) bond motifs is 3. The summed E-state index contributed by atoms with van der Waals surface area (Å²) in [5.41, 5.74) is 2.51. The standard InChI is InChI=1S/C19H17NO4/c1-11-7-15-14(9-20(10-23-15)12-4-5-12)19-17(11)18(21)16(24-19)8-13-3-2-6-22-13/h2-3,6-8,12H,4-5,9-10H2,1H3/b16-8-. The van der Waals surface area contributed by atoms with E-state index in [-0.39, 0.29) is 5.78 Å². The summed E-state index contributed by atoms with van der Waals surface area (Å²) < 4.78 is 17.2. The number of aryl methyl sites for hydroxylation is 1. The van der Waals surface area contributed by atoms with Crippen molar-refractivity contribution in [2.75, 3.05) is 6.73 Å². The summed E-state index contributed by atoms with van der Waals surface area (Å²) in [6, 6.07) is 6.14. The molecule has 1 fully saturated rings. The molecule has 0 saturated heterocycles. The molecule has 122 valence electrons. The Bertz CT molecular complexity index is 862. The number of ether oxygens (including phenoxy) is 2. The van der Waals surface area contributed by atoms with Gasteiger partial charge in [0.1, 0.15) is 24.0 Å². The molecule has 0 N–H and O–H groups in total. The Balaban J connectivity index is 1.58. The Morgan fingerprint density at radius 3 is 2.96 bits per heavy atom. The van der Waals surface area contributed by atoms with Gasteiger partial charge >= 0.3 is 0 Å². The second kappa shape index (κ2) is 4.98. The highest BCUT2D eigenvalue weighted by molar-refractivity contribution is 6.15. The lowest BCUT2D eigenvalue weighted by Gasteiger charge is -2.30. The summed E-state index contributed by atoms with van der Waals surface area (Å²) in [5, 5.41) is 0. The molecule has 0 bridgehead atoms. The van der Waals surface area contributed by atoms with Crippen LogP contribution in [-0.4, -0.2) is 23.5 Å². The maximum atomic E-state index is 12.8. The molecule has 0 atom stereocenters. The number of hydrogen-bond acceptors (Lipinski definition) is 5. The van der Waals surface area contributed by atoms with Gasteiger partial charge in [-0.15, -0.1) is 0 Å². The smallest absolute Gasteiger partial charge is 0.232 e. The van der Waals surface area contributed by atoms with Crippen LogP contribution in [0.3, 0.4) is 0 Å². The fourth-order valence-electron chi connectivity index (χ4n) is 3.42. The van der Waals surface area contributed by atoms with E-state index in [1.54, 1.807) is 24.5 Å². The zero-order valence-corrected chi connectivity index (χ0v) is 13.4. The van der Waals surface area contributed by atoms with Gasteiger partial charge in [-0.3, -0.25) is 9.69 Å². The van der Waals surface area contributed by atoms with E-state index in [4.69, 9.17) is 13.9 Å². The Kier molecular flexibility index (Phi) is 2.88. The van der Waals surface area contributed by atoms with Crippen molar-refractivity contribution < 1.29 is 18.7 Å². The lowest BCUT2D eigenvalue weighted by molar-refractivity contribution is 0.0867. The van der Waals surface area contributed by atoms with Gasteiger partial charge in [0.15, 0.2) is 5.76 Å². The second-order valence-corrected chi connectivity index (χ2v) is 6.58. The van der Waals surface area contributed by atoms with Crippen LogP contribution in [0.5, 0.6) is 11.5 Å². The van der Waals surface area contributed by atoms with Crippen LogP contribution in [0.25, 0.3) is 6.08 Å². The normalized spacial score (nSPS) is 21.4. The van der Waals surface area contributed by atoms with Crippen molar-refractivity contribution in [2.24, 2.45) is 0 Å². The maximum Gasteiger partial charge on any atom is 0.232 e. The third kappa shape index (κ3) is 2.08. The average Bonchev–Trinajstić information content (AvgIpc) is 3.20. The highest BCUT2D eigenvalue weighted by Crippen LogP contribution is 2.45. The number of ketones is 1. The summed E-state index contributed by atoms with van der Waals surface area (Å²) in [6.45, 7) is 3.30. The molecule has 1 aromatic heterocycles. The van der Waals surface area contributed by atoms with E-state index >= 15 is 0 Å². The van der Waals surface area contributed by atoms with Gasteiger partial charge in [0, 0.05) is 18.7 Å². The minimum atomic E-state index is -0.0924. The number of allylic oxidation sites excluding steroid dienone is 1. The van der Waals surface area contributed by atoms with Crippen molar-refractivity contribution in [3.63, 3.8) is 0 Å². The van der Waals surface area contributed by atoms with Gasteiger partial charge in [0.05, 0.1) is 17.4 Å². The second-order valence-electron chi connectivity index (χ2n) is 6.58. The number of nitrogens with zero attached hydrogens (tertiary/aromatic N) is 1. The fourth-order valence-corrected chi connectivity index (χ4v) is 3.42. The highest BCUT2D eigenvalue weighted by atomic mass is 16.5. The van der Waals surface area contributed by atoms with Gasteiger partial charge in [-0.2, -0.15) is 0 Å². The van der Waals surface area contributed by atoms with Crippen molar-refractivity contribution in [3.05, 3.63) is 52.7 Å². The number of carbonyl (C=O) groups excluding carboxylic acids is 1. The third-order valence-electron chi connectivity index (χ3n) is 4.83. The Morgan fingerprint density at radius 2 is 2.21 bits per heavy atom. The first-order chi connectivity index (χ1) is 11.7. The lowest BCUT2D eigenvalue weighted by Crippen LogP contribution is -2.34. The molecular formula is C19H17NO4. The van der Waals surface area contributed by atoms with Crippen LogP contribution in [0.4, 0.5) is 0 Å². The minimum Gasteiger partial charge on any atom is -0.478 e. The number of hydrogen-bond donors (Lipinski definition) is 0. The van der Waals surface area contributed by atoms with E-state index < -0.39 is 0 Å². The number of benzene rings is 1. The van der Waals surface area contributed by atoms with E-state index in [0.29, 0.717) is 35.6 Å². The fraction of sp³-hybridized carbons (Fsp3) is 0.316. The molecule has 5 heteroatoms. The number of rotatable bonds is 2. The van der Waals surface area contributed by atoms with Gasteiger partial charge in [-0.25, -0.2) is 0 Å². The van der Waals surface area contributed by atoms with E-state index in [2.05, 4.69) is 4.90 Å². The van der Waals surface area contributed by atoms with E-state index in [1.807, 2.05) is 13.0 Å². The summed E-state index contributed by atoms with van der Waals surface area (Å²) in [7, 11) is 0. The maximum absolute atomic E-state index is 12.8. The van der Waals surface area contributed by atoms with Crippen LogP contribution >= 0.6 is 0 Å². The molecule has 0 radical (unpaired) electrons. The first-order valence-corrected chi connectivity index (χ1v) is 8.22. The molecular weight excluding hydrogens is 306 g/mol. The van der Waals surface area contributed by atoms with E-state index in [0.717, 1.165) is 23.4 Å². The molecule has 24 heavy (non-hydrogen) atoms. The monoisotopic (exact) mass is 323 g/mol. The molecule has 5 nitrogen and oxygen atoms in total. The topological polar surface area (TPSA) is 51.9 Å². The number of Topliss-reactive ketones (excluding diaryl/α,β-unsaturated/α-hetero) is 1. The van der Waals surface area contributed by atoms with Crippen LogP contribution in [0.1, 0.15) is 40.1 Å². The molecule has 1 aliphatic carbocycles. The molecule has 1 saturated carbocycles. The molecule has 2 aromatic rings. The van der Waals surface area contributed by atoms with Crippen LogP contribution in [0.15, 0.2) is 34.6 Å². The quantitative estimate of drug-likeness (QED) is 0.792. The Hall–Kier alpha value is -2.53. The van der Waals surface area contributed by atoms with E-state index in [9.17, 15) is 4.79 Å². The molecule has 0 spiro atoms. The Labute approximate surface area is 139 Å². The van der Waals surface area contributed by atoms with Crippen molar-refractivity contribution >= 4 is 11.9 Å². The molecule has 1 aromatic carbocycles. The van der Waals surface area contributed by atoms with Crippen LogP contribution in [0, 0.1) is 6.92 Å². The van der Waals surface area contributed by atoms with Gasteiger partial charge in [-0.05, 0) is 43.5 Å². The SMILES string of the molecule is Cc1cc2c(c3c1C(=O)/C(=C/c1ccco1)O3)CN(C1CC1)CO2. The van der Waals surface area contributed by atoms with Gasteiger partial charge in [0.2, 0.25) is 5.78 Å². The first kappa shape index (κ1) is 13.9. The lowest BCUT2D eigenvalue weighted by atomic mass is 9.99. The number of furan rings is 1. The zero-order valence-electron chi connectivity index (χ0n) is 13.4. The molecule has 0 amide bonds. The average molecular weight is 323 g/mol. The molecule has 5 rings (SSSR count). The summed E-state index contributed by atoms with van der Waals surface area (Å²) >= 11 is 0. The van der Waals surface area contributed by atoms with Crippen LogP contribution in [-0.2, 0) is 6.54 Å².